The minimum atomic E-state index is -1.10. The van der Waals surface area contributed by atoms with Crippen molar-refractivity contribution in [1.29, 1.82) is 0 Å². The maximum absolute atomic E-state index is 10.3. The first-order valence-electron chi connectivity index (χ1n) is 11.0. The van der Waals surface area contributed by atoms with Gasteiger partial charge in [0.15, 0.2) is 12.6 Å². The molecule has 2 fully saturated rings. The number of rotatable bonds is 6. The van der Waals surface area contributed by atoms with Crippen LogP contribution >= 0.6 is 0 Å². The normalized spacial score (nSPS) is 29.0. The van der Waals surface area contributed by atoms with Crippen molar-refractivity contribution in [1.82, 2.24) is 0 Å². The molecular weight excluding hydrogens is 396 g/mol. The summed E-state index contributed by atoms with van der Waals surface area (Å²) >= 11 is 0. The Kier molecular flexibility index (Phi) is 13.2. The molecule has 6 nitrogen and oxygen atoms in total. The zero-order valence-corrected chi connectivity index (χ0v) is 19.3. The van der Waals surface area contributed by atoms with Crippen LogP contribution in [0.1, 0.15) is 46.5 Å². The van der Waals surface area contributed by atoms with Crippen LogP contribution in [-0.2, 0) is 18.9 Å². The van der Waals surface area contributed by atoms with Gasteiger partial charge in [-0.3, -0.25) is 0 Å². The zero-order chi connectivity index (χ0) is 23.2. The van der Waals surface area contributed by atoms with E-state index >= 15 is 0 Å². The molecule has 0 saturated carbocycles. The van der Waals surface area contributed by atoms with Crippen molar-refractivity contribution in [2.45, 2.75) is 71.6 Å². The van der Waals surface area contributed by atoms with Gasteiger partial charge in [-0.1, -0.05) is 88.9 Å². The number of hydrogen-bond acceptors (Lipinski definition) is 6. The SMILES string of the molecule is C=C/C=C\C(=C/C)C1OC2COC(c3ccccc3)OC2C(C(O)CO)O1.CC.CC. The van der Waals surface area contributed by atoms with E-state index in [1.807, 2.05) is 77.1 Å². The Hall–Kier alpha value is -1.80. The van der Waals surface area contributed by atoms with Gasteiger partial charge in [0.05, 0.1) is 13.2 Å². The standard InChI is InChI=1S/C21H26O6.2C2H6/c1-3-5-9-14(4-2)21-25-17-13-24-20(15-10-7-6-8-11-15)27-19(17)18(26-21)16(23)12-22;2*1-2/h3-11,16-23H,1,12-13H2,2H3;2*1-2H3/b9-5-,14-4+;;. The summed E-state index contributed by atoms with van der Waals surface area (Å²) in [5.41, 5.74) is 1.66. The van der Waals surface area contributed by atoms with Crippen LogP contribution in [0.25, 0.3) is 0 Å². The van der Waals surface area contributed by atoms with E-state index in [9.17, 15) is 10.2 Å². The smallest absolute Gasteiger partial charge is 0.184 e. The number of allylic oxidation sites excluding steroid dienone is 3. The van der Waals surface area contributed by atoms with Gasteiger partial charge in [0.25, 0.3) is 0 Å². The fraction of sp³-hybridized carbons (Fsp3) is 0.520. The molecule has 0 amide bonds. The van der Waals surface area contributed by atoms with Crippen LogP contribution in [-0.4, -0.2) is 54.1 Å². The zero-order valence-electron chi connectivity index (χ0n) is 19.3. The van der Waals surface area contributed by atoms with E-state index in [1.54, 1.807) is 12.2 Å². The molecular formula is C25H38O6. The van der Waals surface area contributed by atoms with Crippen LogP contribution in [0.3, 0.4) is 0 Å². The van der Waals surface area contributed by atoms with Crippen LogP contribution in [0, 0.1) is 0 Å². The van der Waals surface area contributed by atoms with E-state index in [4.69, 9.17) is 18.9 Å². The third-order valence-electron chi connectivity index (χ3n) is 4.63. The van der Waals surface area contributed by atoms with E-state index in [1.165, 1.54) is 0 Å². The first kappa shape index (κ1) is 27.2. The molecule has 0 bridgehead atoms. The highest BCUT2D eigenvalue weighted by atomic mass is 16.8. The average molecular weight is 435 g/mol. The Bertz CT molecular complexity index is 672. The van der Waals surface area contributed by atoms with Gasteiger partial charge < -0.3 is 29.2 Å². The second-order valence-corrected chi connectivity index (χ2v) is 6.42. The molecule has 174 valence electrons. The Morgan fingerprint density at radius 3 is 2.39 bits per heavy atom. The molecule has 2 saturated heterocycles. The summed E-state index contributed by atoms with van der Waals surface area (Å²) in [7, 11) is 0. The van der Waals surface area contributed by atoms with E-state index in [-0.39, 0.29) is 0 Å². The lowest BCUT2D eigenvalue weighted by molar-refractivity contribution is -0.362. The summed E-state index contributed by atoms with van der Waals surface area (Å²) in [6.07, 6.45) is 3.03. The van der Waals surface area contributed by atoms with Crippen LogP contribution in [0.2, 0.25) is 0 Å². The second kappa shape index (κ2) is 15.1. The first-order chi connectivity index (χ1) is 15.2. The van der Waals surface area contributed by atoms with E-state index in [2.05, 4.69) is 6.58 Å². The minimum Gasteiger partial charge on any atom is -0.394 e. The lowest BCUT2D eigenvalue weighted by Crippen LogP contribution is -2.60. The summed E-state index contributed by atoms with van der Waals surface area (Å²) < 4.78 is 23.9. The van der Waals surface area contributed by atoms with Gasteiger partial charge in [-0.15, -0.1) is 0 Å². The molecule has 0 radical (unpaired) electrons. The Balaban J connectivity index is 0.00000113. The van der Waals surface area contributed by atoms with Crippen LogP contribution in [0.15, 0.2) is 66.8 Å². The maximum atomic E-state index is 10.3. The quantitative estimate of drug-likeness (QED) is 0.650. The van der Waals surface area contributed by atoms with Crippen LogP contribution < -0.4 is 0 Å². The Labute approximate surface area is 186 Å². The van der Waals surface area contributed by atoms with Crippen molar-refractivity contribution < 1.29 is 29.2 Å². The summed E-state index contributed by atoms with van der Waals surface area (Å²) in [5.74, 6) is 0. The van der Waals surface area contributed by atoms with Crippen molar-refractivity contribution in [3.63, 3.8) is 0 Å². The third kappa shape index (κ3) is 7.38. The third-order valence-corrected chi connectivity index (χ3v) is 4.63. The van der Waals surface area contributed by atoms with Crippen molar-refractivity contribution in [3.05, 3.63) is 72.4 Å². The molecule has 2 aliphatic heterocycles. The molecule has 0 aliphatic carbocycles. The van der Waals surface area contributed by atoms with Gasteiger partial charge in [-0.2, -0.15) is 0 Å². The highest BCUT2D eigenvalue weighted by Gasteiger charge is 2.48. The average Bonchev–Trinajstić information content (AvgIpc) is 2.86. The second-order valence-electron chi connectivity index (χ2n) is 6.42. The molecule has 2 heterocycles. The van der Waals surface area contributed by atoms with Crippen molar-refractivity contribution in [3.8, 4) is 0 Å². The van der Waals surface area contributed by atoms with Crippen LogP contribution in [0.5, 0.6) is 0 Å². The fourth-order valence-corrected chi connectivity index (χ4v) is 3.21. The predicted molar refractivity (Wildman–Crippen MR) is 122 cm³/mol. The number of aliphatic hydroxyl groups excluding tert-OH is 2. The lowest BCUT2D eigenvalue weighted by atomic mass is 9.99. The summed E-state index contributed by atoms with van der Waals surface area (Å²) in [6, 6.07) is 9.55. The van der Waals surface area contributed by atoms with E-state index < -0.39 is 43.6 Å². The maximum Gasteiger partial charge on any atom is 0.184 e. The van der Waals surface area contributed by atoms with Gasteiger partial charge in [0.1, 0.15) is 24.4 Å². The Morgan fingerprint density at radius 1 is 1.13 bits per heavy atom. The minimum absolute atomic E-state index is 0.293. The molecule has 1 aromatic carbocycles. The van der Waals surface area contributed by atoms with Gasteiger partial charge >= 0.3 is 0 Å². The molecule has 2 N–H and O–H groups in total. The van der Waals surface area contributed by atoms with E-state index in [0.717, 1.165) is 11.1 Å². The number of ether oxygens (including phenoxy) is 4. The topological polar surface area (TPSA) is 77.4 Å². The van der Waals surface area contributed by atoms with Gasteiger partial charge in [-0.05, 0) is 6.92 Å². The van der Waals surface area contributed by atoms with Crippen molar-refractivity contribution in [2.75, 3.05) is 13.2 Å². The monoisotopic (exact) mass is 434 g/mol. The molecule has 2 aliphatic rings. The van der Waals surface area contributed by atoms with Crippen LogP contribution in [0.4, 0.5) is 0 Å². The summed E-state index contributed by atoms with van der Waals surface area (Å²) in [4.78, 5) is 0. The molecule has 3 rings (SSSR count). The van der Waals surface area contributed by atoms with Gasteiger partial charge in [-0.25, -0.2) is 0 Å². The largest absolute Gasteiger partial charge is 0.394 e. The molecule has 6 unspecified atom stereocenters. The number of hydrogen-bond donors (Lipinski definition) is 2. The highest BCUT2D eigenvalue weighted by molar-refractivity contribution is 5.24. The molecule has 31 heavy (non-hydrogen) atoms. The van der Waals surface area contributed by atoms with Crippen molar-refractivity contribution >= 4 is 0 Å². The van der Waals surface area contributed by atoms with E-state index in [0.29, 0.717) is 6.61 Å². The Morgan fingerprint density at radius 2 is 1.81 bits per heavy atom. The molecule has 1 aromatic rings. The number of aliphatic hydroxyl groups is 2. The molecule has 6 atom stereocenters. The van der Waals surface area contributed by atoms with Gasteiger partial charge in [0, 0.05) is 11.1 Å². The first-order valence-corrected chi connectivity index (χ1v) is 11.0. The number of benzene rings is 1. The molecule has 6 heteroatoms. The lowest BCUT2D eigenvalue weighted by Gasteiger charge is -2.47. The molecule has 0 aromatic heterocycles. The summed E-state index contributed by atoms with van der Waals surface area (Å²) in [6.45, 7) is 13.4. The fourth-order valence-electron chi connectivity index (χ4n) is 3.21. The number of fused-ring (bicyclic) bond motifs is 1. The van der Waals surface area contributed by atoms with Crippen molar-refractivity contribution in [2.24, 2.45) is 0 Å². The summed E-state index contributed by atoms with van der Waals surface area (Å²) in [5, 5.41) is 19.8. The predicted octanol–water partition coefficient (Wildman–Crippen LogP) is 4.30. The molecule has 0 spiro atoms. The van der Waals surface area contributed by atoms with Gasteiger partial charge in [0.2, 0.25) is 0 Å². The highest BCUT2D eigenvalue weighted by Crippen LogP contribution is 2.36.